The second-order valence-electron chi connectivity index (χ2n) is 7.99. The van der Waals surface area contributed by atoms with Gasteiger partial charge in [0.2, 0.25) is 0 Å². The standard InChI is InChI=1S/C22H26N2O2/c1-14(2)16-9-11-17(12-10-16)19-13-18-8-7-15(3)23-20(18)24(19)21(25)26-22(4,5)6/h7-14H,1-6H3. The summed E-state index contributed by atoms with van der Waals surface area (Å²) in [5.41, 5.74) is 3.95. The van der Waals surface area contributed by atoms with E-state index in [9.17, 15) is 4.79 Å². The van der Waals surface area contributed by atoms with Crippen LogP contribution in [0, 0.1) is 6.92 Å². The van der Waals surface area contributed by atoms with Gasteiger partial charge in [0.25, 0.3) is 0 Å². The van der Waals surface area contributed by atoms with E-state index in [1.54, 1.807) is 4.57 Å². The molecule has 0 saturated carbocycles. The van der Waals surface area contributed by atoms with Crippen molar-refractivity contribution in [3.05, 3.63) is 53.7 Å². The van der Waals surface area contributed by atoms with Crippen molar-refractivity contribution >= 4 is 17.1 Å². The van der Waals surface area contributed by atoms with E-state index in [2.05, 4.69) is 43.1 Å². The molecule has 2 aromatic heterocycles. The van der Waals surface area contributed by atoms with E-state index in [0.29, 0.717) is 11.6 Å². The average Bonchev–Trinajstić information content (AvgIpc) is 2.92. The van der Waals surface area contributed by atoms with Crippen LogP contribution in [0.4, 0.5) is 4.79 Å². The maximum absolute atomic E-state index is 12.9. The molecule has 4 nitrogen and oxygen atoms in total. The number of carbonyl (C=O) groups is 1. The van der Waals surface area contributed by atoms with Crippen LogP contribution in [0.15, 0.2) is 42.5 Å². The molecule has 0 spiro atoms. The number of ether oxygens (including phenoxy) is 1. The summed E-state index contributed by atoms with van der Waals surface area (Å²) >= 11 is 0. The highest BCUT2D eigenvalue weighted by molar-refractivity contribution is 5.94. The third-order valence-corrected chi connectivity index (χ3v) is 4.24. The Morgan fingerprint density at radius 2 is 1.73 bits per heavy atom. The van der Waals surface area contributed by atoms with Crippen LogP contribution >= 0.6 is 0 Å². The topological polar surface area (TPSA) is 44.1 Å². The highest BCUT2D eigenvalue weighted by atomic mass is 16.6. The van der Waals surface area contributed by atoms with Gasteiger partial charge in [0.1, 0.15) is 11.2 Å². The summed E-state index contributed by atoms with van der Waals surface area (Å²) in [4.78, 5) is 17.5. The number of fused-ring (bicyclic) bond motifs is 1. The number of nitrogens with zero attached hydrogens (tertiary/aromatic N) is 2. The Morgan fingerprint density at radius 3 is 2.31 bits per heavy atom. The number of carbonyl (C=O) groups excluding carboxylic acids is 1. The van der Waals surface area contributed by atoms with Gasteiger partial charge in [-0.05, 0) is 62.9 Å². The van der Waals surface area contributed by atoms with Gasteiger partial charge >= 0.3 is 6.09 Å². The van der Waals surface area contributed by atoms with E-state index in [0.717, 1.165) is 22.3 Å². The normalized spacial score (nSPS) is 12.0. The lowest BCUT2D eigenvalue weighted by molar-refractivity contribution is 0.0546. The zero-order valence-corrected chi connectivity index (χ0v) is 16.3. The second-order valence-corrected chi connectivity index (χ2v) is 7.99. The summed E-state index contributed by atoms with van der Waals surface area (Å²) in [5, 5.41) is 0.921. The molecular formula is C22H26N2O2. The van der Waals surface area contributed by atoms with Crippen LogP contribution in [-0.4, -0.2) is 21.2 Å². The van der Waals surface area contributed by atoms with Crippen LogP contribution < -0.4 is 0 Å². The molecule has 3 rings (SSSR count). The first-order valence-corrected chi connectivity index (χ1v) is 8.98. The van der Waals surface area contributed by atoms with Crippen LogP contribution in [-0.2, 0) is 4.74 Å². The third kappa shape index (κ3) is 3.64. The predicted octanol–water partition coefficient (Wildman–Crippen LogP) is 5.92. The van der Waals surface area contributed by atoms with Gasteiger partial charge < -0.3 is 4.74 Å². The molecule has 0 radical (unpaired) electrons. The van der Waals surface area contributed by atoms with E-state index < -0.39 is 11.7 Å². The Balaban J connectivity index is 2.17. The fraction of sp³-hybridized carbons (Fsp3) is 0.364. The van der Waals surface area contributed by atoms with Crippen LogP contribution in [0.1, 0.15) is 51.8 Å². The van der Waals surface area contributed by atoms with Crippen molar-refractivity contribution in [1.29, 1.82) is 0 Å². The van der Waals surface area contributed by atoms with Gasteiger partial charge in [-0.3, -0.25) is 0 Å². The number of aryl methyl sites for hydroxylation is 1. The molecule has 0 bridgehead atoms. The van der Waals surface area contributed by atoms with Gasteiger partial charge in [0, 0.05) is 11.1 Å². The van der Waals surface area contributed by atoms with Crippen molar-refractivity contribution in [2.75, 3.05) is 0 Å². The summed E-state index contributed by atoms with van der Waals surface area (Å²) in [6.07, 6.45) is -0.409. The average molecular weight is 350 g/mol. The van der Waals surface area contributed by atoms with Gasteiger partial charge in [-0.15, -0.1) is 0 Å². The number of aromatic nitrogens is 2. The number of benzene rings is 1. The van der Waals surface area contributed by atoms with Crippen molar-refractivity contribution in [1.82, 2.24) is 9.55 Å². The lowest BCUT2D eigenvalue weighted by Gasteiger charge is -2.21. The van der Waals surface area contributed by atoms with Gasteiger partial charge in [-0.1, -0.05) is 38.1 Å². The summed E-state index contributed by atoms with van der Waals surface area (Å²) in [5.74, 6) is 0.463. The van der Waals surface area contributed by atoms with Crippen LogP contribution in [0.25, 0.3) is 22.3 Å². The second kappa shape index (κ2) is 6.60. The fourth-order valence-electron chi connectivity index (χ4n) is 2.92. The molecule has 0 fully saturated rings. The van der Waals surface area contributed by atoms with E-state index in [-0.39, 0.29) is 0 Å². The van der Waals surface area contributed by atoms with Crippen molar-refractivity contribution in [3.63, 3.8) is 0 Å². The minimum absolute atomic E-state index is 0.409. The Kier molecular flexibility index (Phi) is 4.61. The maximum atomic E-state index is 12.9. The first-order chi connectivity index (χ1) is 12.2. The lowest BCUT2D eigenvalue weighted by atomic mass is 10.0. The van der Waals surface area contributed by atoms with Crippen LogP contribution in [0.2, 0.25) is 0 Å². The Hall–Kier alpha value is -2.62. The summed E-state index contributed by atoms with van der Waals surface area (Å²) in [7, 11) is 0. The molecular weight excluding hydrogens is 324 g/mol. The highest BCUT2D eigenvalue weighted by Gasteiger charge is 2.23. The first kappa shape index (κ1) is 18.2. The summed E-state index contributed by atoms with van der Waals surface area (Å²) < 4.78 is 7.22. The molecule has 0 aliphatic heterocycles. The fourth-order valence-corrected chi connectivity index (χ4v) is 2.92. The SMILES string of the molecule is Cc1ccc2cc(-c3ccc(C(C)C)cc3)n(C(=O)OC(C)(C)C)c2n1. The molecule has 3 aromatic rings. The predicted molar refractivity (Wildman–Crippen MR) is 106 cm³/mol. The molecule has 1 aromatic carbocycles. The minimum Gasteiger partial charge on any atom is -0.443 e. The molecule has 26 heavy (non-hydrogen) atoms. The Labute approximate surface area is 154 Å². The minimum atomic E-state index is -0.573. The summed E-state index contributed by atoms with van der Waals surface area (Å²) in [6, 6.07) is 14.3. The molecule has 0 atom stereocenters. The third-order valence-electron chi connectivity index (χ3n) is 4.24. The molecule has 4 heteroatoms. The van der Waals surface area contributed by atoms with E-state index >= 15 is 0 Å². The van der Waals surface area contributed by atoms with Crippen LogP contribution in [0.3, 0.4) is 0 Å². The highest BCUT2D eigenvalue weighted by Crippen LogP contribution is 2.29. The zero-order valence-electron chi connectivity index (χ0n) is 16.3. The van der Waals surface area contributed by atoms with Crippen molar-refractivity contribution < 1.29 is 9.53 Å². The van der Waals surface area contributed by atoms with Gasteiger partial charge in [0.05, 0.1) is 5.69 Å². The Bertz CT molecular complexity index is 945. The van der Waals surface area contributed by atoms with Crippen molar-refractivity contribution in [2.45, 2.75) is 53.1 Å². The van der Waals surface area contributed by atoms with E-state index in [4.69, 9.17) is 4.74 Å². The lowest BCUT2D eigenvalue weighted by Crippen LogP contribution is -2.27. The first-order valence-electron chi connectivity index (χ1n) is 8.98. The zero-order chi connectivity index (χ0) is 19.1. The van der Waals surface area contributed by atoms with Gasteiger partial charge in [-0.2, -0.15) is 0 Å². The molecule has 0 amide bonds. The van der Waals surface area contributed by atoms with Gasteiger partial charge in [-0.25, -0.2) is 14.3 Å². The van der Waals surface area contributed by atoms with Gasteiger partial charge in [0.15, 0.2) is 0 Å². The smallest absolute Gasteiger partial charge is 0.420 e. The van der Waals surface area contributed by atoms with E-state index in [1.807, 2.05) is 45.9 Å². The number of rotatable bonds is 2. The van der Waals surface area contributed by atoms with Crippen LogP contribution in [0.5, 0.6) is 0 Å². The molecule has 0 aliphatic carbocycles. The largest absolute Gasteiger partial charge is 0.443 e. The molecule has 2 heterocycles. The van der Waals surface area contributed by atoms with Crippen molar-refractivity contribution in [2.24, 2.45) is 0 Å². The number of hydrogen-bond acceptors (Lipinski definition) is 3. The van der Waals surface area contributed by atoms with E-state index in [1.165, 1.54) is 5.56 Å². The Morgan fingerprint density at radius 1 is 1.08 bits per heavy atom. The monoisotopic (exact) mass is 350 g/mol. The maximum Gasteiger partial charge on any atom is 0.420 e. The van der Waals surface area contributed by atoms with Crippen molar-refractivity contribution in [3.8, 4) is 11.3 Å². The molecule has 0 saturated heterocycles. The number of pyridine rings is 1. The molecule has 0 unspecified atom stereocenters. The molecule has 136 valence electrons. The molecule has 0 aliphatic rings. The quantitative estimate of drug-likeness (QED) is 0.576. The molecule has 0 N–H and O–H groups in total. The number of hydrogen-bond donors (Lipinski definition) is 0. The summed E-state index contributed by atoms with van der Waals surface area (Å²) in [6.45, 7) is 11.9.